The van der Waals surface area contributed by atoms with Crippen molar-refractivity contribution >= 4 is 0 Å². The predicted molar refractivity (Wildman–Crippen MR) is 69.6 cm³/mol. The highest BCUT2D eigenvalue weighted by atomic mass is 16.5. The van der Waals surface area contributed by atoms with Gasteiger partial charge in [0.2, 0.25) is 5.88 Å². The maximum atomic E-state index is 5.83. The van der Waals surface area contributed by atoms with Crippen LogP contribution in [0.25, 0.3) is 0 Å². The molecule has 102 valence electrons. The Morgan fingerprint density at radius 3 is 2.83 bits per heavy atom. The van der Waals surface area contributed by atoms with E-state index in [4.69, 9.17) is 19.9 Å². The summed E-state index contributed by atoms with van der Waals surface area (Å²) in [6, 6.07) is 3.69. The fourth-order valence-corrected chi connectivity index (χ4v) is 1.48. The Labute approximate surface area is 108 Å². The lowest BCUT2D eigenvalue weighted by Crippen LogP contribution is -2.13. The molecule has 0 aliphatic heterocycles. The average molecular weight is 254 g/mol. The summed E-state index contributed by atoms with van der Waals surface area (Å²) in [7, 11) is 1.68. The molecule has 0 aliphatic rings. The molecular weight excluding hydrogens is 232 g/mol. The van der Waals surface area contributed by atoms with Crippen LogP contribution in [0.3, 0.4) is 0 Å². The zero-order valence-electron chi connectivity index (χ0n) is 11.1. The Morgan fingerprint density at radius 1 is 1.28 bits per heavy atom. The molecule has 2 N–H and O–H groups in total. The Balaban J connectivity index is 2.23. The lowest BCUT2D eigenvalue weighted by Gasteiger charge is -2.12. The largest absolute Gasteiger partial charge is 0.475 e. The highest BCUT2D eigenvalue weighted by Gasteiger charge is 2.08. The summed E-state index contributed by atoms with van der Waals surface area (Å²) in [6.45, 7) is 4.32. The molecule has 5 nitrogen and oxygen atoms in total. The fourth-order valence-electron chi connectivity index (χ4n) is 1.48. The zero-order chi connectivity index (χ0) is 13.2. The van der Waals surface area contributed by atoms with Crippen molar-refractivity contribution in [3.05, 3.63) is 23.9 Å². The number of nitrogens with two attached hydrogens (primary N) is 1. The highest BCUT2D eigenvalue weighted by molar-refractivity contribution is 5.27. The smallest absolute Gasteiger partial charge is 0.218 e. The Kier molecular flexibility index (Phi) is 7.32. The standard InChI is InChI=1S/C13H22N2O3/c1-11(14)12-5-3-6-15-13(12)18-10-9-17-8-4-7-16-2/h3,5-6,11H,4,7-10,14H2,1-2H3/t11-/m1/s1. The minimum absolute atomic E-state index is 0.0867. The molecule has 1 heterocycles. The first-order valence-corrected chi connectivity index (χ1v) is 6.15. The summed E-state index contributed by atoms with van der Waals surface area (Å²) in [5, 5.41) is 0. The number of nitrogens with zero attached hydrogens (tertiary/aromatic N) is 1. The number of aromatic nitrogens is 1. The molecule has 1 aromatic heterocycles. The van der Waals surface area contributed by atoms with E-state index in [0.29, 0.717) is 25.7 Å². The number of pyridine rings is 1. The molecular formula is C13H22N2O3. The van der Waals surface area contributed by atoms with Crippen molar-refractivity contribution in [1.29, 1.82) is 0 Å². The molecule has 0 saturated carbocycles. The molecule has 0 unspecified atom stereocenters. The third kappa shape index (κ3) is 5.44. The van der Waals surface area contributed by atoms with Crippen molar-refractivity contribution in [3.8, 4) is 5.88 Å². The van der Waals surface area contributed by atoms with Crippen molar-refractivity contribution in [1.82, 2.24) is 4.98 Å². The lowest BCUT2D eigenvalue weighted by atomic mass is 10.1. The Morgan fingerprint density at radius 2 is 2.11 bits per heavy atom. The van der Waals surface area contributed by atoms with Gasteiger partial charge in [-0.05, 0) is 19.4 Å². The summed E-state index contributed by atoms with van der Waals surface area (Å²) in [6.07, 6.45) is 2.59. The second-order valence-corrected chi connectivity index (χ2v) is 3.99. The van der Waals surface area contributed by atoms with Crippen LogP contribution in [-0.4, -0.2) is 38.5 Å². The third-order valence-corrected chi connectivity index (χ3v) is 2.39. The van der Waals surface area contributed by atoms with E-state index in [1.165, 1.54) is 0 Å². The maximum Gasteiger partial charge on any atom is 0.218 e. The predicted octanol–water partition coefficient (Wildman–Crippen LogP) is 1.53. The van der Waals surface area contributed by atoms with Gasteiger partial charge in [-0.1, -0.05) is 6.07 Å². The molecule has 0 radical (unpaired) electrons. The molecule has 0 aliphatic carbocycles. The topological polar surface area (TPSA) is 66.6 Å². The first kappa shape index (κ1) is 14.9. The van der Waals surface area contributed by atoms with Gasteiger partial charge in [-0.15, -0.1) is 0 Å². The summed E-state index contributed by atoms with van der Waals surface area (Å²) < 4.78 is 15.9. The molecule has 0 amide bonds. The monoisotopic (exact) mass is 254 g/mol. The van der Waals surface area contributed by atoms with Gasteiger partial charge in [0.25, 0.3) is 0 Å². The molecule has 1 rings (SSSR count). The molecule has 0 aromatic carbocycles. The van der Waals surface area contributed by atoms with Crippen molar-refractivity contribution in [3.63, 3.8) is 0 Å². The van der Waals surface area contributed by atoms with E-state index in [1.54, 1.807) is 13.3 Å². The van der Waals surface area contributed by atoms with Crippen molar-refractivity contribution in [2.24, 2.45) is 5.73 Å². The van der Waals surface area contributed by atoms with E-state index in [0.717, 1.165) is 18.6 Å². The molecule has 0 saturated heterocycles. The summed E-state index contributed by atoms with van der Waals surface area (Å²) in [5.74, 6) is 0.591. The molecule has 0 spiro atoms. The molecule has 18 heavy (non-hydrogen) atoms. The number of methoxy groups -OCH3 is 1. The van der Waals surface area contributed by atoms with Gasteiger partial charge < -0.3 is 19.9 Å². The number of ether oxygens (including phenoxy) is 3. The highest BCUT2D eigenvalue weighted by Crippen LogP contribution is 2.19. The molecule has 1 atom stereocenters. The first-order chi connectivity index (χ1) is 8.75. The number of hydrogen-bond donors (Lipinski definition) is 1. The van der Waals surface area contributed by atoms with E-state index in [2.05, 4.69) is 4.98 Å². The second-order valence-electron chi connectivity index (χ2n) is 3.99. The van der Waals surface area contributed by atoms with Gasteiger partial charge in [0.05, 0.1) is 6.61 Å². The summed E-state index contributed by atoms with van der Waals surface area (Å²) in [5.41, 5.74) is 6.75. The maximum absolute atomic E-state index is 5.83. The van der Waals surface area contributed by atoms with Crippen molar-refractivity contribution in [2.45, 2.75) is 19.4 Å². The normalized spacial score (nSPS) is 12.4. The van der Waals surface area contributed by atoms with Gasteiger partial charge in [0.15, 0.2) is 0 Å². The van der Waals surface area contributed by atoms with Gasteiger partial charge in [0.1, 0.15) is 6.61 Å². The quantitative estimate of drug-likeness (QED) is 0.677. The minimum atomic E-state index is -0.0867. The molecule has 0 bridgehead atoms. The van der Waals surface area contributed by atoms with Crippen LogP contribution < -0.4 is 10.5 Å². The van der Waals surface area contributed by atoms with Gasteiger partial charge in [0, 0.05) is 38.1 Å². The minimum Gasteiger partial charge on any atom is -0.475 e. The van der Waals surface area contributed by atoms with Crippen molar-refractivity contribution in [2.75, 3.05) is 33.5 Å². The third-order valence-electron chi connectivity index (χ3n) is 2.39. The number of hydrogen-bond acceptors (Lipinski definition) is 5. The van der Waals surface area contributed by atoms with Crippen LogP contribution in [0.5, 0.6) is 5.88 Å². The number of rotatable bonds is 9. The zero-order valence-corrected chi connectivity index (χ0v) is 11.1. The SMILES string of the molecule is COCCCOCCOc1ncccc1[C@@H](C)N. The van der Waals surface area contributed by atoms with Gasteiger partial charge in [-0.25, -0.2) is 4.98 Å². The molecule has 0 fully saturated rings. The second kappa shape index (κ2) is 8.85. The summed E-state index contributed by atoms with van der Waals surface area (Å²) in [4.78, 5) is 4.17. The van der Waals surface area contributed by atoms with Crippen LogP contribution in [-0.2, 0) is 9.47 Å². The first-order valence-electron chi connectivity index (χ1n) is 6.15. The fraction of sp³-hybridized carbons (Fsp3) is 0.615. The average Bonchev–Trinajstić information content (AvgIpc) is 2.38. The van der Waals surface area contributed by atoms with E-state index in [1.807, 2.05) is 19.1 Å². The van der Waals surface area contributed by atoms with Crippen molar-refractivity contribution < 1.29 is 14.2 Å². The van der Waals surface area contributed by atoms with Gasteiger partial charge in [-0.2, -0.15) is 0 Å². The van der Waals surface area contributed by atoms with Crippen LogP contribution >= 0.6 is 0 Å². The van der Waals surface area contributed by atoms with Crippen LogP contribution in [0.1, 0.15) is 24.9 Å². The van der Waals surface area contributed by atoms with E-state index >= 15 is 0 Å². The Bertz CT molecular complexity index is 332. The lowest BCUT2D eigenvalue weighted by molar-refractivity contribution is 0.0792. The van der Waals surface area contributed by atoms with Crippen LogP contribution in [0.2, 0.25) is 0 Å². The van der Waals surface area contributed by atoms with E-state index < -0.39 is 0 Å². The molecule has 5 heteroatoms. The van der Waals surface area contributed by atoms with Gasteiger partial charge in [-0.3, -0.25) is 0 Å². The van der Waals surface area contributed by atoms with E-state index in [-0.39, 0.29) is 6.04 Å². The molecule has 1 aromatic rings. The van der Waals surface area contributed by atoms with Gasteiger partial charge >= 0.3 is 0 Å². The van der Waals surface area contributed by atoms with E-state index in [9.17, 15) is 0 Å². The summed E-state index contributed by atoms with van der Waals surface area (Å²) >= 11 is 0. The van der Waals surface area contributed by atoms with Crippen LogP contribution in [0.15, 0.2) is 18.3 Å². The van der Waals surface area contributed by atoms with Crippen LogP contribution in [0, 0.1) is 0 Å². The van der Waals surface area contributed by atoms with Crippen LogP contribution in [0.4, 0.5) is 0 Å². The Hall–Kier alpha value is -1.17.